The molecule has 0 amide bonds. The van der Waals surface area contributed by atoms with Crippen LogP contribution < -0.4 is 0 Å². The second kappa shape index (κ2) is 41.8. The maximum atomic E-state index is 11.6. The normalized spacial score (nSPS) is 11.6. The highest BCUT2D eigenvalue weighted by atomic mass is 32.2. The van der Waals surface area contributed by atoms with Crippen molar-refractivity contribution < 1.29 is 38.9 Å². The molecule has 12 rings (SSSR count). The molecule has 0 radical (unpaired) electrons. The van der Waals surface area contributed by atoms with E-state index in [4.69, 9.17) is 0 Å². The van der Waals surface area contributed by atoms with E-state index in [2.05, 4.69) is 315 Å². The van der Waals surface area contributed by atoms with Crippen LogP contribution in [0.2, 0.25) is 0 Å². The number of rotatable bonds is 18. The standard InChI is InChI=1S/C22H23S.2C18H15S.2C15H24O3S.C8H10O3S/c1-22(2,3)18-14-16-21(17-15-18)23(19-10-6-4-7-11-19)20-12-8-5-9-13-20;2*1-4-10-16(11-5-1)19(17-12-6-2-7-13-17)18-14-8-3-9-15-18;2*1-9(2)12-7-13(10(3)4)15(19(16,17)18)14(8-12)11(5)6;1-6-3-4-7(2)8(5-6)12(9,10)11/h4-17H,1-3H3;2*1-15H;2*7-11H,1-6H3,(H,16,17,18);3-5H,1-2H3,(H,9,10,11)/q3*+1;;;/p-3. The van der Waals surface area contributed by atoms with Gasteiger partial charge in [-0.25, -0.2) is 25.3 Å². The molecule has 15 heteroatoms. The summed E-state index contributed by atoms with van der Waals surface area (Å²) < 4.78 is 102. The Balaban J connectivity index is 0.000000186. The highest BCUT2D eigenvalue weighted by molar-refractivity contribution is 7.97. The van der Waals surface area contributed by atoms with Crippen molar-refractivity contribution in [2.45, 2.75) is 217 Å². The van der Waals surface area contributed by atoms with E-state index in [0.717, 1.165) is 16.7 Å². The summed E-state index contributed by atoms with van der Waals surface area (Å²) in [4.78, 5) is 12.1. The summed E-state index contributed by atoms with van der Waals surface area (Å²) in [7, 11) is -13.3. The third kappa shape index (κ3) is 26.5. The van der Waals surface area contributed by atoms with Gasteiger partial charge in [-0.2, -0.15) is 0 Å². The molecule has 0 spiro atoms. The van der Waals surface area contributed by atoms with Crippen LogP contribution >= 0.6 is 0 Å². The lowest BCUT2D eigenvalue weighted by Gasteiger charge is -2.24. The summed E-state index contributed by atoms with van der Waals surface area (Å²) in [6, 6.07) is 107. The first-order valence-electron chi connectivity index (χ1n) is 37.5. The van der Waals surface area contributed by atoms with Gasteiger partial charge in [-0.3, -0.25) is 0 Å². The fourth-order valence-corrected chi connectivity index (χ4v) is 21.5. The summed E-state index contributed by atoms with van der Waals surface area (Å²) in [5.41, 5.74) is 7.58. The van der Waals surface area contributed by atoms with Gasteiger partial charge in [0, 0.05) is 0 Å². The Morgan fingerprint density at radius 2 is 0.468 bits per heavy atom. The van der Waals surface area contributed by atoms with E-state index < -0.39 is 30.4 Å². The molecule has 111 heavy (non-hydrogen) atoms. The Labute approximate surface area is 673 Å². The van der Waals surface area contributed by atoms with E-state index >= 15 is 0 Å². The zero-order chi connectivity index (χ0) is 81.4. The molecule has 0 saturated carbocycles. The van der Waals surface area contributed by atoms with E-state index in [-0.39, 0.29) is 76.5 Å². The van der Waals surface area contributed by atoms with E-state index in [9.17, 15) is 38.9 Å². The first-order valence-corrected chi connectivity index (χ1v) is 45.4. The van der Waals surface area contributed by atoms with Crippen LogP contribution in [-0.2, 0) is 68.5 Å². The smallest absolute Gasteiger partial charge is 0.166 e. The molecule has 9 nitrogen and oxygen atoms in total. The Morgan fingerprint density at radius 1 is 0.261 bits per heavy atom. The molecule has 582 valence electrons. The molecule has 0 bridgehead atoms. The highest BCUT2D eigenvalue weighted by Crippen LogP contribution is 2.39. The molecule has 0 N–H and O–H groups in total. The molecule has 0 heterocycles. The zero-order valence-corrected chi connectivity index (χ0v) is 71.9. The minimum absolute atomic E-state index is 0.00919. The van der Waals surface area contributed by atoms with Crippen LogP contribution in [0.1, 0.15) is 189 Å². The third-order valence-corrected chi connectivity index (χ3v) is 27.7. The van der Waals surface area contributed by atoms with Crippen molar-refractivity contribution in [3.63, 3.8) is 0 Å². The fourth-order valence-electron chi connectivity index (χ4n) is 12.1. The van der Waals surface area contributed by atoms with E-state index in [1.165, 1.54) is 55.7 Å². The number of benzene rings is 12. The number of aryl methyl sites for hydroxylation is 2. The lowest BCUT2D eigenvalue weighted by molar-refractivity contribution is 0.457. The van der Waals surface area contributed by atoms with E-state index in [1.54, 1.807) is 26.0 Å². The van der Waals surface area contributed by atoms with Gasteiger partial charge < -0.3 is 13.7 Å². The summed E-state index contributed by atoms with van der Waals surface area (Å²) in [6.07, 6.45) is 0. The molecule has 0 fully saturated rings. The number of hydrogen-bond acceptors (Lipinski definition) is 9. The Hall–Kier alpha value is -8.58. The lowest BCUT2D eigenvalue weighted by Crippen LogP contribution is -2.11. The first kappa shape index (κ1) is 89.6. The number of hydrogen-bond donors (Lipinski definition) is 0. The van der Waals surface area contributed by atoms with Crippen molar-refractivity contribution in [1.29, 1.82) is 0 Å². The molecular weight excluding hydrogens is 1490 g/mol. The minimum Gasteiger partial charge on any atom is -0.744 e. The molecule has 0 atom stereocenters. The van der Waals surface area contributed by atoms with E-state index in [1.807, 2.05) is 79.7 Å². The van der Waals surface area contributed by atoms with Crippen molar-refractivity contribution in [2.24, 2.45) is 0 Å². The zero-order valence-electron chi connectivity index (χ0n) is 67.0. The largest absolute Gasteiger partial charge is 0.744 e. The quantitative estimate of drug-likeness (QED) is 0.0599. The average molecular weight is 1600 g/mol. The predicted octanol–water partition coefficient (Wildman–Crippen LogP) is 24.8. The minimum atomic E-state index is -4.45. The Kier molecular flexibility index (Phi) is 33.7. The molecule has 0 unspecified atom stereocenters. The highest BCUT2D eigenvalue weighted by Gasteiger charge is 2.32. The maximum Gasteiger partial charge on any atom is 0.166 e. The Bertz CT molecular complexity index is 4670. The van der Waals surface area contributed by atoms with Crippen LogP contribution in [0, 0.1) is 13.8 Å². The molecular formula is C96H108O9S6. The van der Waals surface area contributed by atoms with E-state index in [0.29, 0.717) is 39.7 Å². The average Bonchev–Trinajstić information content (AvgIpc) is 0.779. The molecule has 0 saturated heterocycles. The van der Waals surface area contributed by atoms with Gasteiger partial charge in [0.25, 0.3) is 0 Å². The summed E-state index contributed by atoms with van der Waals surface area (Å²) in [5.74, 6) is 0.645. The van der Waals surface area contributed by atoms with Crippen LogP contribution in [0.5, 0.6) is 0 Å². The first-order chi connectivity index (χ1) is 52.5. The van der Waals surface area contributed by atoms with Gasteiger partial charge in [0.05, 0.1) is 47.4 Å². The summed E-state index contributed by atoms with van der Waals surface area (Å²) in [5, 5.41) is 0. The SMILES string of the molecule is CC(C)(C)c1ccc([S+](c2ccccc2)c2ccccc2)cc1.CC(C)c1cc(C(C)C)c(S(=O)(=O)[O-])c(C(C)C)c1.CC(C)c1cc(C(C)C)c(S(=O)(=O)[O-])c(C(C)C)c1.Cc1ccc(C)c(S(=O)(=O)[O-])c1.c1ccc([S+](c2ccccc2)c2ccccc2)cc1.c1ccc([S+](c2ccccc2)c2ccccc2)cc1. The third-order valence-electron chi connectivity index (χ3n) is 18.1. The van der Waals surface area contributed by atoms with Crippen molar-refractivity contribution >= 4 is 63.0 Å². The molecule has 12 aromatic rings. The van der Waals surface area contributed by atoms with Crippen LogP contribution in [-0.4, -0.2) is 38.9 Å². The molecule has 0 aliphatic heterocycles. The van der Waals surface area contributed by atoms with Crippen LogP contribution in [0.4, 0.5) is 0 Å². The molecule has 0 aromatic heterocycles. The van der Waals surface area contributed by atoms with Gasteiger partial charge in [-0.05, 0) is 220 Å². The van der Waals surface area contributed by atoms with Crippen molar-refractivity contribution in [1.82, 2.24) is 0 Å². The fraction of sp³-hybridized carbons (Fsp3) is 0.250. The summed E-state index contributed by atoms with van der Waals surface area (Å²) >= 11 is 0. The Morgan fingerprint density at radius 3 is 0.631 bits per heavy atom. The van der Waals surface area contributed by atoms with Gasteiger partial charge >= 0.3 is 0 Å². The van der Waals surface area contributed by atoms with Gasteiger partial charge in [0.1, 0.15) is 30.4 Å². The maximum absolute atomic E-state index is 11.6. The predicted molar refractivity (Wildman–Crippen MR) is 460 cm³/mol. The van der Waals surface area contributed by atoms with Crippen molar-refractivity contribution in [3.8, 4) is 0 Å². The van der Waals surface area contributed by atoms with Gasteiger partial charge in [0.2, 0.25) is 0 Å². The van der Waals surface area contributed by atoms with Gasteiger partial charge in [-0.1, -0.05) is 298 Å². The molecule has 12 aromatic carbocycles. The van der Waals surface area contributed by atoms with Gasteiger partial charge in [-0.15, -0.1) is 0 Å². The van der Waals surface area contributed by atoms with Crippen molar-refractivity contribution in [2.75, 3.05) is 0 Å². The second-order valence-electron chi connectivity index (χ2n) is 29.8. The van der Waals surface area contributed by atoms with Crippen LogP contribution in [0.25, 0.3) is 0 Å². The summed E-state index contributed by atoms with van der Waals surface area (Å²) in [6.45, 7) is 33.7. The topological polar surface area (TPSA) is 172 Å². The van der Waals surface area contributed by atoms with Crippen LogP contribution in [0.3, 0.4) is 0 Å². The lowest BCUT2D eigenvalue weighted by atomic mass is 9.87. The molecule has 0 aliphatic carbocycles. The van der Waals surface area contributed by atoms with Crippen LogP contribution in [0.15, 0.2) is 368 Å². The second-order valence-corrected chi connectivity index (χ2v) is 39.9. The molecule has 0 aliphatic rings. The van der Waals surface area contributed by atoms with Crippen molar-refractivity contribution in [3.05, 3.63) is 359 Å². The monoisotopic (exact) mass is 1600 g/mol. The van der Waals surface area contributed by atoms with Gasteiger partial charge in [0.15, 0.2) is 44.1 Å².